The molecule has 1 atom stereocenters. The lowest BCUT2D eigenvalue weighted by Gasteiger charge is -2.24. The summed E-state index contributed by atoms with van der Waals surface area (Å²) in [7, 11) is 0. The average Bonchev–Trinajstić information content (AvgIpc) is 2.63. The highest BCUT2D eigenvalue weighted by molar-refractivity contribution is 8.03. The van der Waals surface area contributed by atoms with Gasteiger partial charge in [0.2, 0.25) is 0 Å². The van der Waals surface area contributed by atoms with Gasteiger partial charge >= 0.3 is 0 Å². The van der Waals surface area contributed by atoms with Crippen molar-refractivity contribution in [2.45, 2.75) is 20.0 Å². The Kier molecular flexibility index (Phi) is 3.39. The lowest BCUT2D eigenvalue weighted by molar-refractivity contribution is 0.0548. The normalized spacial score (nSPS) is 21.5. The van der Waals surface area contributed by atoms with Crippen molar-refractivity contribution in [1.82, 2.24) is 0 Å². The van der Waals surface area contributed by atoms with Crippen molar-refractivity contribution in [3.8, 4) is 5.40 Å². The maximum Gasteiger partial charge on any atom is 0.148 e. The largest absolute Gasteiger partial charge is 0.390 e. The molecule has 0 aromatic heterocycles. The van der Waals surface area contributed by atoms with E-state index in [4.69, 9.17) is 10.1 Å². The van der Waals surface area contributed by atoms with Crippen molar-refractivity contribution in [2.75, 3.05) is 5.75 Å². The molecule has 17 heavy (non-hydrogen) atoms. The molecule has 1 heterocycles. The molecule has 3 nitrogen and oxygen atoms in total. The molecule has 0 unspecified atom stereocenters. The fourth-order valence-electron chi connectivity index (χ4n) is 1.89. The van der Waals surface area contributed by atoms with Gasteiger partial charge in [-0.25, -0.2) is 0 Å². The maximum absolute atomic E-state index is 8.60. The van der Waals surface area contributed by atoms with Gasteiger partial charge in [-0.3, -0.25) is 0 Å². The summed E-state index contributed by atoms with van der Waals surface area (Å²) in [6, 6.07) is 10.0. The van der Waals surface area contributed by atoms with E-state index in [1.807, 2.05) is 30.3 Å². The van der Waals surface area contributed by atoms with Gasteiger partial charge in [0, 0.05) is 5.75 Å². The average molecular weight is 246 g/mol. The van der Waals surface area contributed by atoms with Crippen LogP contribution in [0, 0.1) is 16.1 Å². The number of thiocyanates is 1. The molecule has 0 aliphatic carbocycles. The van der Waals surface area contributed by atoms with Gasteiger partial charge in [-0.1, -0.05) is 49.3 Å². The number of thioether (sulfide) groups is 1. The van der Waals surface area contributed by atoms with Crippen LogP contribution in [0.3, 0.4) is 0 Å². The maximum atomic E-state index is 8.60. The molecule has 0 spiro atoms. The minimum absolute atomic E-state index is 0.0395. The molecule has 0 N–H and O–H groups in total. The fourth-order valence-corrected chi connectivity index (χ4v) is 2.59. The Morgan fingerprint density at radius 1 is 1.41 bits per heavy atom. The SMILES string of the molecule is CC1(C)C(c2ccccc2)=NO[C@@H]1CSC#N. The highest BCUT2D eigenvalue weighted by Gasteiger charge is 2.42. The first-order valence-corrected chi connectivity index (χ1v) is 6.45. The molecule has 0 radical (unpaired) electrons. The van der Waals surface area contributed by atoms with Crippen molar-refractivity contribution < 1.29 is 4.84 Å². The van der Waals surface area contributed by atoms with Crippen LogP contribution in [0.1, 0.15) is 19.4 Å². The third-order valence-corrected chi connectivity index (χ3v) is 3.63. The molecule has 0 saturated heterocycles. The molecular weight excluding hydrogens is 232 g/mol. The molecule has 1 aliphatic heterocycles. The van der Waals surface area contributed by atoms with E-state index in [0.717, 1.165) is 11.3 Å². The van der Waals surface area contributed by atoms with Gasteiger partial charge in [0.15, 0.2) is 0 Å². The Morgan fingerprint density at radius 2 is 2.12 bits per heavy atom. The predicted octanol–water partition coefficient (Wildman–Crippen LogP) is 3.03. The molecule has 2 rings (SSSR count). The zero-order valence-electron chi connectivity index (χ0n) is 9.88. The van der Waals surface area contributed by atoms with Crippen LogP contribution in [0.5, 0.6) is 0 Å². The third kappa shape index (κ3) is 2.29. The molecule has 0 amide bonds. The lowest BCUT2D eigenvalue weighted by atomic mass is 9.80. The molecule has 4 heteroatoms. The second-order valence-electron chi connectivity index (χ2n) is 4.52. The summed E-state index contributed by atoms with van der Waals surface area (Å²) in [6.07, 6.45) is -0.0395. The van der Waals surface area contributed by atoms with Gasteiger partial charge in [-0.2, -0.15) is 5.26 Å². The number of hydrogen-bond donors (Lipinski definition) is 0. The first-order chi connectivity index (χ1) is 8.16. The smallest absolute Gasteiger partial charge is 0.148 e. The topological polar surface area (TPSA) is 45.4 Å². The van der Waals surface area contributed by atoms with Crippen molar-refractivity contribution >= 4 is 17.5 Å². The number of oxime groups is 1. The Balaban J connectivity index is 2.20. The highest BCUT2D eigenvalue weighted by atomic mass is 32.2. The van der Waals surface area contributed by atoms with Crippen LogP contribution < -0.4 is 0 Å². The minimum atomic E-state index is -0.162. The molecule has 1 aromatic rings. The first-order valence-electron chi connectivity index (χ1n) is 5.47. The number of nitriles is 1. The van der Waals surface area contributed by atoms with Crippen LogP contribution in [0.25, 0.3) is 0 Å². The Labute approximate surface area is 105 Å². The third-order valence-electron chi connectivity index (χ3n) is 3.03. The van der Waals surface area contributed by atoms with Crippen LogP contribution >= 0.6 is 11.8 Å². The number of nitrogens with zero attached hydrogens (tertiary/aromatic N) is 2. The summed E-state index contributed by atoms with van der Waals surface area (Å²) in [4.78, 5) is 5.45. The van der Waals surface area contributed by atoms with Gasteiger partial charge in [-0.15, -0.1) is 0 Å². The Hall–Kier alpha value is -1.47. The van der Waals surface area contributed by atoms with E-state index < -0.39 is 0 Å². The lowest BCUT2D eigenvalue weighted by Crippen LogP contribution is -2.34. The molecule has 1 aliphatic rings. The Bertz CT molecular complexity index is 462. The van der Waals surface area contributed by atoms with Crippen molar-refractivity contribution in [1.29, 1.82) is 5.26 Å². The monoisotopic (exact) mass is 246 g/mol. The number of hydrogen-bond acceptors (Lipinski definition) is 4. The molecule has 0 fully saturated rings. The molecule has 1 aromatic carbocycles. The number of rotatable bonds is 3. The van der Waals surface area contributed by atoms with E-state index in [2.05, 4.69) is 24.4 Å². The zero-order valence-corrected chi connectivity index (χ0v) is 10.7. The zero-order chi connectivity index (χ0) is 12.3. The van der Waals surface area contributed by atoms with Crippen molar-refractivity contribution in [3.05, 3.63) is 35.9 Å². The van der Waals surface area contributed by atoms with Gasteiger partial charge in [-0.05, 0) is 17.3 Å². The van der Waals surface area contributed by atoms with Gasteiger partial charge < -0.3 is 4.84 Å². The van der Waals surface area contributed by atoms with E-state index in [-0.39, 0.29) is 11.5 Å². The molecule has 88 valence electrons. The van der Waals surface area contributed by atoms with Crippen LogP contribution in [-0.2, 0) is 4.84 Å². The summed E-state index contributed by atoms with van der Waals surface area (Å²) in [5.41, 5.74) is 1.88. The summed E-state index contributed by atoms with van der Waals surface area (Å²) in [6.45, 7) is 4.21. The summed E-state index contributed by atoms with van der Waals surface area (Å²) < 4.78 is 0. The van der Waals surface area contributed by atoms with Crippen LogP contribution in [0.4, 0.5) is 0 Å². The molecule has 0 saturated carbocycles. The highest BCUT2D eigenvalue weighted by Crippen LogP contribution is 2.36. The summed E-state index contributed by atoms with van der Waals surface area (Å²) in [5, 5.41) is 14.9. The standard InChI is InChI=1S/C13H14N2OS/c1-13(2)11(8-17-9-14)16-15-12(13)10-6-4-3-5-7-10/h3-7,11H,8H2,1-2H3/t11-/m1/s1. The first kappa shape index (κ1) is 12.0. The Morgan fingerprint density at radius 3 is 2.76 bits per heavy atom. The predicted molar refractivity (Wildman–Crippen MR) is 69.7 cm³/mol. The van der Waals surface area contributed by atoms with E-state index in [1.165, 1.54) is 11.8 Å². The summed E-state index contributed by atoms with van der Waals surface area (Å²) >= 11 is 1.21. The van der Waals surface area contributed by atoms with Gasteiger partial charge in [0.1, 0.15) is 11.5 Å². The van der Waals surface area contributed by atoms with Crippen molar-refractivity contribution in [3.63, 3.8) is 0 Å². The fraction of sp³-hybridized carbons (Fsp3) is 0.385. The van der Waals surface area contributed by atoms with Crippen LogP contribution in [0.2, 0.25) is 0 Å². The van der Waals surface area contributed by atoms with Gasteiger partial charge in [0.05, 0.1) is 11.1 Å². The van der Waals surface area contributed by atoms with Crippen molar-refractivity contribution in [2.24, 2.45) is 10.6 Å². The van der Waals surface area contributed by atoms with E-state index in [9.17, 15) is 0 Å². The van der Waals surface area contributed by atoms with E-state index >= 15 is 0 Å². The van der Waals surface area contributed by atoms with E-state index in [1.54, 1.807) is 0 Å². The minimum Gasteiger partial charge on any atom is -0.390 e. The van der Waals surface area contributed by atoms with Crippen LogP contribution in [-0.4, -0.2) is 17.6 Å². The van der Waals surface area contributed by atoms with E-state index in [0.29, 0.717) is 5.75 Å². The molecular formula is C13H14N2OS. The molecule has 0 bridgehead atoms. The second-order valence-corrected chi connectivity index (χ2v) is 5.33. The summed E-state index contributed by atoms with van der Waals surface area (Å²) in [5.74, 6) is 0.642. The number of benzene rings is 1. The quantitative estimate of drug-likeness (QED) is 0.770. The second kappa shape index (κ2) is 4.80. The van der Waals surface area contributed by atoms with Gasteiger partial charge in [0.25, 0.3) is 0 Å². The van der Waals surface area contributed by atoms with Crippen LogP contribution in [0.15, 0.2) is 35.5 Å².